The van der Waals surface area contributed by atoms with Crippen LogP contribution in [-0.2, 0) is 9.59 Å². The van der Waals surface area contributed by atoms with Gasteiger partial charge < -0.3 is 10.6 Å². The standard InChI is InChI=1S/C41H78ClN3O2/c1-4-6-8-10-12-14-16-18-20-22-24-26-28-30-32-34-40(46)43-36-39(45(3)38-42)37-44-41(47)35-33-31-29-27-25-23-21-19-17-15-13-11-9-7-5-2/h18-21,39H,4-17,22-38H2,1-3H3,(H,43,46)(H,44,47)/b20-18+,21-19+. The van der Waals surface area contributed by atoms with Gasteiger partial charge in [0.15, 0.2) is 0 Å². The largest absolute Gasteiger partial charge is 0.354 e. The molecule has 0 unspecified atom stereocenters. The van der Waals surface area contributed by atoms with Gasteiger partial charge in [-0.05, 0) is 71.3 Å². The van der Waals surface area contributed by atoms with Crippen LogP contribution < -0.4 is 10.6 Å². The van der Waals surface area contributed by atoms with Gasteiger partial charge in [-0.3, -0.25) is 14.5 Å². The van der Waals surface area contributed by atoms with E-state index in [1.165, 1.54) is 141 Å². The number of carbonyl (C=O) groups excluding carboxylic acids is 2. The number of unbranched alkanes of at least 4 members (excludes halogenated alkanes) is 22. The molecule has 0 aliphatic heterocycles. The Bertz CT molecular complexity index is 686. The minimum absolute atomic E-state index is 0.0105. The number of halogens is 1. The Morgan fingerprint density at radius 1 is 0.511 bits per heavy atom. The predicted molar refractivity (Wildman–Crippen MR) is 207 cm³/mol. The Balaban J connectivity index is 3.78. The van der Waals surface area contributed by atoms with E-state index in [0.29, 0.717) is 31.9 Å². The van der Waals surface area contributed by atoms with Crippen molar-refractivity contribution >= 4 is 23.4 Å². The van der Waals surface area contributed by atoms with E-state index in [1.807, 2.05) is 11.9 Å². The first-order chi connectivity index (χ1) is 23.0. The molecule has 0 spiro atoms. The second-order valence-corrected chi connectivity index (χ2v) is 14.0. The zero-order chi connectivity index (χ0) is 34.5. The molecule has 0 aromatic heterocycles. The molecule has 0 atom stereocenters. The third kappa shape index (κ3) is 34.3. The van der Waals surface area contributed by atoms with Gasteiger partial charge in [-0.2, -0.15) is 0 Å². The Labute approximate surface area is 297 Å². The number of carbonyl (C=O) groups is 2. The summed E-state index contributed by atoms with van der Waals surface area (Å²) in [5.74, 6) is 0.186. The van der Waals surface area contributed by atoms with Gasteiger partial charge in [0.05, 0.1) is 6.00 Å². The Morgan fingerprint density at radius 3 is 1.13 bits per heavy atom. The molecule has 0 saturated heterocycles. The third-order valence-corrected chi connectivity index (χ3v) is 9.59. The first-order valence-electron chi connectivity index (χ1n) is 20.1. The molecule has 2 amide bonds. The summed E-state index contributed by atoms with van der Waals surface area (Å²) in [4.78, 5) is 26.9. The van der Waals surface area contributed by atoms with Crippen molar-refractivity contribution in [1.82, 2.24) is 15.5 Å². The molecular formula is C41H78ClN3O2. The van der Waals surface area contributed by atoms with Gasteiger partial charge in [-0.25, -0.2) is 0 Å². The number of likely N-dealkylation sites (N-methyl/N-ethyl adjacent to an activating group) is 1. The van der Waals surface area contributed by atoms with E-state index < -0.39 is 0 Å². The summed E-state index contributed by atoms with van der Waals surface area (Å²) in [6.45, 7) is 5.54. The van der Waals surface area contributed by atoms with Gasteiger partial charge in [0, 0.05) is 32.0 Å². The first-order valence-corrected chi connectivity index (χ1v) is 20.7. The van der Waals surface area contributed by atoms with Crippen molar-refractivity contribution in [2.75, 3.05) is 26.1 Å². The van der Waals surface area contributed by atoms with Gasteiger partial charge in [0.1, 0.15) is 0 Å². The molecule has 47 heavy (non-hydrogen) atoms. The van der Waals surface area contributed by atoms with E-state index in [4.69, 9.17) is 11.6 Å². The van der Waals surface area contributed by atoms with E-state index in [-0.39, 0.29) is 17.9 Å². The molecule has 0 heterocycles. The van der Waals surface area contributed by atoms with E-state index in [0.717, 1.165) is 25.7 Å². The van der Waals surface area contributed by atoms with Crippen LogP contribution in [-0.4, -0.2) is 48.9 Å². The maximum Gasteiger partial charge on any atom is 0.220 e. The molecule has 0 radical (unpaired) electrons. The van der Waals surface area contributed by atoms with E-state index in [2.05, 4.69) is 48.8 Å². The van der Waals surface area contributed by atoms with Crippen molar-refractivity contribution in [3.63, 3.8) is 0 Å². The van der Waals surface area contributed by atoms with Crippen molar-refractivity contribution < 1.29 is 9.59 Å². The molecule has 0 aliphatic carbocycles. The average Bonchev–Trinajstić information content (AvgIpc) is 3.07. The van der Waals surface area contributed by atoms with E-state index >= 15 is 0 Å². The molecule has 0 fully saturated rings. The molecule has 0 aromatic rings. The Hall–Kier alpha value is -1.33. The van der Waals surface area contributed by atoms with E-state index in [1.54, 1.807) is 0 Å². The molecule has 2 N–H and O–H groups in total. The predicted octanol–water partition coefficient (Wildman–Crippen LogP) is 11.8. The van der Waals surface area contributed by atoms with Gasteiger partial charge in [-0.1, -0.05) is 141 Å². The monoisotopic (exact) mass is 680 g/mol. The first kappa shape index (κ1) is 45.7. The maximum atomic E-state index is 12.4. The molecule has 0 saturated carbocycles. The normalized spacial score (nSPS) is 11.9. The Morgan fingerprint density at radius 2 is 0.809 bits per heavy atom. The number of hydrogen-bond acceptors (Lipinski definition) is 3. The van der Waals surface area contributed by atoms with Crippen LogP contribution in [0.1, 0.15) is 194 Å². The van der Waals surface area contributed by atoms with Crippen molar-refractivity contribution in [3.05, 3.63) is 24.3 Å². The average molecular weight is 681 g/mol. The topological polar surface area (TPSA) is 61.4 Å². The van der Waals surface area contributed by atoms with E-state index in [9.17, 15) is 9.59 Å². The van der Waals surface area contributed by atoms with Crippen molar-refractivity contribution in [2.24, 2.45) is 0 Å². The second-order valence-electron chi connectivity index (χ2n) is 13.8. The van der Waals surface area contributed by atoms with Crippen LogP contribution >= 0.6 is 11.6 Å². The summed E-state index contributed by atoms with van der Waals surface area (Å²) in [5, 5.41) is 6.13. The second kappa shape index (κ2) is 37.5. The number of hydrogen-bond donors (Lipinski definition) is 2. The molecule has 0 aromatic carbocycles. The van der Waals surface area contributed by atoms with Crippen molar-refractivity contribution in [3.8, 4) is 0 Å². The lowest BCUT2D eigenvalue weighted by atomic mass is 10.1. The smallest absolute Gasteiger partial charge is 0.220 e. The van der Waals surface area contributed by atoms with Crippen LogP contribution in [0.5, 0.6) is 0 Å². The number of alkyl halides is 1. The summed E-state index contributed by atoms with van der Waals surface area (Å²) in [7, 11) is 1.93. The zero-order valence-corrected chi connectivity index (χ0v) is 32.2. The highest BCUT2D eigenvalue weighted by Crippen LogP contribution is 2.12. The summed E-state index contributed by atoms with van der Waals surface area (Å²) in [6, 6.07) is 0.349. The number of nitrogens with one attached hydrogen (secondary N) is 2. The fourth-order valence-electron chi connectivity index (χ4n) is 5.83. The van der Waals surface area contributed by atoms with Crippen LogP contribution in [0.4, 0.5) is 0 Å². The fraction of sp³-hybridized carbons (Fsp3) is 0.854. The highest BCUT2D eigenvalue weighted by molar-refractivity contribution is 6.17. The van der Waals surface area contributed by atoms with Crippen LogP contribution in [0.2, 0.25) is 0 Å². The van der Waals surface area contributed by atoms with Crippen molar-refractivity contribution in [1.29, 1.82) is 0 Å². The zero-order valence-electron chi connectivity index (χ0n) is 31.4. The highest BCUT2D eigenvalue weighted by atomic mass is 35.5. The van der Waals surface area contributed by atoms with Gasteiger partial charge in [-0.15, -0.1) is 11.6 Å². The highest BCUT2D eigenvalue weighted by Gasteiger charge is 2.16. The van der Waals surface area contributed by atoms with Gasteiger partial charge in [0.25, 0.3) is 0 Å². The fourth-order valence-corrected chi connectivity index (χ4v) is 6.03. The number of amides is 2. The molecule has 0 rings (SSSR count). The summed E-state index contributed by atoms with van der Waals surface area (Å²) in [5.41, 5.74) is 0. The molecule has 0 bridgehead atoms. The molecular weight excluding hydrogens is 602 g/mol. The lowest BCUT2D eigenvalue weighted by Gasteiger charge is -2.26. The number of rotatable bonds is 36. The number of nitrogens with zero attached hydrogens (tertiary/aromatic N) is 1. The van der Waals surface area contributed by atoms with Crippen molar-refractivity contribution in [2.45, 2.75) is 200 Å². The molecule has 5 nitrogen and oxygen atoms in total. The van der Waals surface area contributed by atoms with Crippen LogP contribution in [0, 0.1) is 0 Å². The Kier molecular flexibility index (Phi) is 36.4. The summed E-state index contributed by atoms with van der Waals surface area (Å²) in [6.07, 6.45) is 43.2. The molecule has 276 valence electrons. The quantitative estimate of drug-likeness (QED) is 0.0300. The molecule has 6 heteroatoms. The maximum absolute atomic E-state index is 12.4. The summed E-state index contributed by atoms with van der Waals surface area (Å²) < 4.78 is 0. The van der Waals surface area contributed by atoms with Crippen LogP contribution in [0.3, 0.4) is 0 Å². The minimum atomic E-state index is -0.0105. The minimum Gasteiger partial charge on any atom is -0.354 e. The summed E-state index contributed by atoms with van der Waals surface area (Å²) >= 11 is 6.08. The van der Waals surface area contributed by atoms with Gasteiger partial charge >= 0.3 is 0 Å². The number of allylic oxidation sites excluding steroid dienone is 4. The third-order valence-electron chi connectivity index (χ3n) is 9.21. The molecule has 0 aliphatic rings. The van der Waals surface area contributed by atoms with Crippen LogP contribution in [0.25, 0.3) is 0 Å². The SMILES string of the molecule is CCCCCCCC/C=C/CCCCCCCC(=O)NCC(CNC(=O)CCCCCCC/C=C/CCCCCCCC)N(C)CCl. The van der Waals surface area contributed by atoms with Gasteiger partial charge in [0.2, 0.25) is 11.8 Å². The lowest BCUT2D eigenvalue weighted by Crippen LogP contribution is -2.48. The van der Waals surface area contributed by atoms with Crippen LogP contribution in [0.15, 0.2) is 24.3 Å². The lowest BCUT2D eigenvalue weighted by molar-refractivity contribution is -0.121.